The first-order valence-corrected chi connectivity index (χ1v) is 7.52. The van der Waals surface area contributed by atoms with E-state index in [0.717, 1.165) is 12.2 Å². The van der Waals surface area contributed by atoms with Crippen LogP contribution in [0.25, 0.3) is 0 Å². The van der Waals surface area contributed by atoms with E-state index in [1.807, 2.05) is 7.05 Å². The van der Waals surface area contributed by atoms with E-state index in [1.165, 1.54) is 27.8 Å². The van der Waals surface area contributed by atoms with Gasteiger partial charge in [-0.3, -0.25) is 0 Å². The van der Waals surface area contributed by atoms with Gasteiger partial charge in [0.15, 0.2) is 0 Å². The molecule has 0 amide bonds. The molecule has 2 nitrogen and oxygen atoms in total. The van der Waals surface area contributed by atoms with Gasteiger partial charge in [-0.05, 0) is 55.6 Å². The molecule has 0 bridgehead atoms. The van der Waals surface area contributed by atoms with E-state index >= 15 is 0 Å². The van der Waals surface area contributed by atoms with Crippen molar-refractivity contribution in [2.45, 2.75) is 33.2 Å². The summed E-state index contributed by atoms with van der Waals surface area (Å²) >= 11 is 0. The van der Waals surface area contributed by atoms with Crippen LogP contribution < -0.4 is 10.1 Å². The van der Waals surface area contributed by atoms with Crippen LogP contribution in [-0.4, -0.2) is 14.2 Å². The molecule has 0 aliphatic heterocycles. The fraction of sp³-hybridized carbons (Fsp3) is 0.368. The van der Waals surface area contributed by atoms with Crippen molar-refractivity contribution >= 4 is 0 Å². The Labute approximate surface area is 128 Å². The molecule has 112 valence electrons. The second-order valence-electron chi connectivity index (χ2n) is 5.51. The third-order valence-electron chi connectivity index (χ3n) is 4.01. The number of nitrogens with one attached hydrogen (secondary N) is 1. The monoisotopic (exact) mass is 283 g/mol. The Morgan fingerprint density at radius 1 is 1.10 bits per heavy atom. The lowest BCUT2D eigenvalue weighted by Gasteiger charge is -2.23. The molecule has 2 rings (SSSR count). The van der Waals surface area contributed by atoms with Gasteiger partial charge in [0.25, 0.3) is 0 Å². The minimum Gasteiger partial charge on any atom is -0.496 e. The molecule has 0 fully saturated rings. The number of ether oxygens (including phenoxy) is 1. The lowest BCUT2D eigenvalue weighted by atomic mass is 9.92. The largest absolute Gasteiger partial charge is 0.496 e. The Morgan fingerprint density at radius 2 is 1.76 bits per heavy atom. The van der Waals surface area contributed by atoms with E-state index in [-0.39, 0.29) is 6.04 Å². The summed E-state index contributed by atoms with van der Waals surface area (Å²) in [6, 6.07) is 13.3. The van der Waals surface area contributed by atoms with Crippen molar-refractivity contribution in [1.82, 2.24) is 5.32 Å². The molecule has 0 radical (unpaired) electrons. The summed E-state index contributed by atoms with van der Waals surface area (Å²) < 4.78 is 5.62. The molecule has 2 aromatic rings. The van der Waals surface area contributed by atoms with Gasteiger partial charge in [0.05, 0.1) is 13.2 Å². The number of hydrogen-bond acceptors (Lipinski definition) is 2. The molecule has 1 N–H and O–H groups in total. The molecule has 2 aromatic carbocycles. The van der Waals surface area contributed by atoms with E-state index < -0.39 is 0 Å². The molecule has 1 unspecified atom stereocenters. The molecule has 2 heteroatoms. The quantitative estimate of drug-likeness (QED) is 0.888. The van der Waals surface area contributed by atoms with Crippen molar-refractivity contribution in [3.8, 4) is 5.75 Å². The van der Waals surface area contributed by atoms with Crippen LogP contribution in [0.2, 0.25) is 0 Å². The minimum atomic E-state index is 0.145. The zero-order valence-electron chi connectivity index (χ0n) is 13.7. The predicted octanol–water partition coefficient (Wildman–Crippen LogP) is 4.18. The third-order valence-corrected chi connectivity index (χ3v) is 4.01. The van der Waals surface area contributed by atoms with Gasteiger partial charge < -0.3 is 10.1 Å². The Balaban J connectivity index is 2.50. The minimum absolute atomic E-state index is 0.145. The Hall–Kier alpha value is -1.80. The normalized spacial score (nSPS) is 12.2. The van der Waals surface area contributed by atoms with Crippen LogP contribution in [-0.2, 0) is 6.42 Å². The van der Waals surface area contributed by atoms with Crippen molar-refractivity contribution in [2.24, 2.45) is 0 Å². The van der Waals surface area contributed by atoms with Crippen molar-refractivity contribution in [2.75, 3.05) is 14.2 Å². The highest BCUT2D eigenvalue weighted by Crippen LogP contribution is 2.33. The van der Waals surface area contributed by atoms with Crippen LogP contribution in [0.3, 0.4) is 0 Å². The fourth-order valence-corrected chi connectivity index (χ4v) is 2.90. The average molecular weight is 283 g/mol. The standard InChI is InChI=1S/C19H25NO/c1-6-15-7-9-16(10-8-15)19(20-4)18-14(3)11-13(2)12-17(18)21-5/h7-12,19-20H,6H2,1-5H3. The van der Waals surface area contributed by atoms with Gasteiger partial charge in [0.1, 0.15) is 5.75 Å². The maximum absolute atomic E-state index is 5.62. The fourth-order valence-electron chi connectivity index (χ4n) is 2.90. The molecular weight excluding hydrogens is 258 g/mol. The average Bonchev–Trinajstić information content (AvgIpc) is 2.50. The summed E-state index contributed by atoms with van der Waals surface area (Å²) in [4.78, 5) is 0. The summed E-state index contributed by atoms with van der Waals surface area (Å²) in [5.41, 5.74) is 6.33. The molecule has 0 aromatic heterocycles. The van der Waals surface area contributed by atoms with Gasteiger partial charge in [-0.15, -0.1) is 0 Å². The van der Waals surface area contributed by atoms with Gasteiger partial charge in [-0.25, -0.2) is 0 Å². The Morgan fingerprint density at radius 3 is 2.29 bits per heavy atom. The summed E-state index contributed by atoms with van der Waals surface area (Å²) in [5.74, 6) is 0.950. The van der Waals surface area contributed by atoms with E-state index in [4.69, 9.17) is 4.74 Å². The summed E-state index contributed by atoms with van der Waals surface area (Å²) in [7, 11) is 3.74. The summed E-state index contributed by atoms with van der Waals surface area (Å²) in [5, 5.41) is 3.43. The van der Waals surface area contributed by atoms with Crippen molar-refractivity contribution < 1.29 is 4.74 Å². The lowest BCUT2D eigenvalue weighted by molar-refractivity contribution is 0.404. The van der Waals surface area contributed by atoms with Crippen LogP contribution in [0.15, 0.2) is 36.4 Å². The molecule has 0 aliphatic carbocycles. The zero-order chi connectivity index (χ0) is 15.4. The van der Waals surface area contributed by atoms with Gasteiger partial charge in [-0.1, -0.05) is 37.3 Å². The maximum atomic E-state index is 5.62. The first-order valence-electron chi connectivity index (χ1n) is 7.52. The number of hydrogen-bond donors (Lipinski definition) is 1. The lowest BCUT2D eigenvalue weighted by Crippen LogP contribution is -2.19. The molecule has 0 saturated heterocycles. The molecule has 1 atom stereocenters. The number of rotatable bonds is 5. The first kappa shape index (κ1) is 15.6. The number of aryl methyl sites for hydroxylation is 3. The van der Waals surface area contributed by atoms with Crippen molar-refractivity contribution in [3.63, 3.8) is 0 Å². The van der Waals surface area contributed by atoms with Crippen molar-refractivity contribution in [1.29, 1.82) is 0 Å². The Kier molecular flexibility index (Phi) is 5.03. The van der Waals surface area contributed by atoms with Crippen LogP contribution >= 0.6 is 0 Å². The highest BCUT2D eigenvalue weighted by atomic mass is 16.5. The molecular formula is C19H25NO. The Bertz CT molecular complexity index is 602. The molecule has 0 heterocycles. The molecule has 0 saturated carbocycles. The first-order chi connectivity index (χ1) is 10.1. The zero-order valence-corrected chi connectivity index (χ0v) is 13.7. The second-order valence-corrected chi connectivity index (χ2v) is 5.51. The van der Waals surface area contributed by atoms with E-state index in [1.54, 1.807) is 7.11 Å². The molecule has 0 aliphatic rings. The van der Waals surface area contributed by atoms with Crippen LogP contribution in [0.5, 0.6) is 5.75 Å². The van der Waals surface area contributed by atoms with Crippen LogP contribution in [0.4, 0.5) is 0 Å². The SMILES string of the molecule is CCc1ccc(C(NC)c2c(C)cc(C)cc2OC)cc1. The van der Waals surface area contributed by atoms with E-state index in [0.29, 0.717) is 0 Å². The highest BCUT2D eigenvalue weighted by Gasteiger charge is 2.19. The summed E-state index contributed by atoms with van der Waals surface area (Å²) in [6.45, 7) is 6.43. The topological polar surface area (TPSA) is 21.3 Å². The van der Waals surface area contributed by atoms with Gasteiger partial charge in [-0.2, -0.15) is 0 Å². The smallest absolute Gasteiger partial charge is 0.124 e. The molecule has 21 heavy (non-hydrogen) atoms. The van der Waals surface area contributed by atoms with E-state index in [2.05, 4.69) is 62.5 Å². The van der Waals surface area contributed by atoms with Crippen LogP contribution in [0.1, 0.15) is 40.8 Å². The number of methoxy groups -OCH3 is 1. The third kappa shape index (κ3) is 3.27. The predicted molar refractivity (Wildman–Crippen MR) is 89.2 cm³/mol. The van der Waals surface area contributed by atoms with Gasteiger partial charge in [0.2, 0.25) is 0 Å². The van der Waals surface area contributed by atoms with Crippen molar-refractivity contribution in [3.05, 3.63) is 64.2 Å². The van der Waals surface area contributed by atoms with Gasteiger partial charge >= 0.3 is 0 Å². The molecule has 0 spiro atoms. The van der Waals surface area contributed by atoms with E-state index in [9.17, 15) is 0 Å². The van der Waals surface area contributed by atoms with Gasteiger partial charge in [0, 0.05) is 5.56 Å². The second kappa shape index (κ2) is 6.77. The number of benzene rings is 2. The summed E-state index contributed by atoms with van der Waals surface area (Å²) in [6.07, 6.45) is 1.07. The maximum Gasteiger partial charge on any atom is 0.124 e. The highest BCUT2D eigenvalue weighted by molar-refractivity contribution is 5.48. The van der Waals surface area contributed by atoms with Crippen LogP contribution in [0, 0.1) is 13.8 Å².